The molecule has 2 fully saturated rings. The summed E-state index contributed by atoms with van der Waals surface area (Å²) in [5.41, 5.74) is 5.29. The Morgan fingerprint density at radius 3 is 1.43 bits per heavy atom. The molecule has 2 aliphatic heterocycles. The summed E-state index contributed by atoms with van der Waals surface area (Å²) in [6.45, 7) is 14.5. The van der Waals surface area contributed by atoms with Crippen molar-refractivity contribution in [1.82, 2.24) is 0 Å². The van der Waals surface area contributed by atoms with Gasteiger partial charge in [0, 0.05) is 37.6 Å². The van der Waals surface area contributed by atoms with Crippen molar-refractivity contribution in [3.8, 4) is 0 Å². The maximum Gasteiger partial charge on any atom is 0.0930 e. The van der Waals surface area contributed by atoms with Crippen LogP contribution in [0.2, 0.25) is 0 Å². The number of hydrogen-bond donors (Lipinski definition) is 2. The number of piperidine rings is 2. The van der Waals surface area contributed by atoms with Crippen LogP contribution in [0.4, 0.5) is 11.4 Å². The first-order valence-corrected chi connectivity index (χ1v) is 15.3. The molecule has 0 unspecified atom stereocenters. The largest absolute Gasteiger partial charge is 0.389 e. The molecule has 0 spiro atoms. The van der Waals surface area contributed by atoms with Gasteiger partial charge in [-0.3, -0.25) is 0 Å². The van der Waals surface area contributed by atoms with Gasteiger partial charge in [-0.05, 0) is 72.8 Å². The van der Waals surface area contributed by atoms with Gasteiger partial charge in [-0.1, -0.05) is 101 Å². The molecule has 216 valence electrons. The van der Waals surface area contributed by atoms with Crippen LogP contribution in [0.25, 0.3) is 0 Å². The third-order valence-electron chi connectivity index (χ3n) is 9.31. The number of aryl methyl sites for hydroxylation is 2. The number of para-hydroxylation sites is 2. The molecule has 40 heavy (non-hydrogen) atoms. The van der Waals surface area contributed by atoms with Gasteiger partial charge in [0.05, 0.1) is 11.2 Å². The Balaban J connectivity index is 0.000000186. The Labute approximate surface area is 242 Å². The van der Waals surface area contributed by atoms with Crippen molar-refractivity contribution in [3.05, 3.63) is 95.6 Å². The minimum absolute atomic E-state index is 0.0383. The standard InChI is InChI=1S/C19H23NO.C17H27NO/c1-2-16-8-6-7-11-18(16)20-14-12-19(21,13-15-20)17-9-4-3-5-10-17;1-5-14-8-6-7-9-15(14)18-12-10-17(19,11-13-18)16(2,3)4/h3-11,21H,2,12-15H2,1H3;6-9,19H,5,10-13H2,1-4H3. The first-order chi connectivity index (χ1) is 19.1. The summed E-state index contributed by atoms with van der Waals surface area (Å²) in [4.78, 5) is 4.84. The van der Waals surface area contributed by atoms with Crippen LogP contribution in [0.3, 0.4) is 0 Å². The van der Waals surface area contributed by atoms with Crippen molar-refractivity contribution < 1.29 is 10.2 Å². The van der Waals surface area contributed by atoms with Gasteiger partial charge in [0.15, 0.2) is 0 Å². The Kier molecular flexibility index (Phi) is 9.64. The molecule has 0 bridgehead atoms. The second-order valence-electron chi connectivity index (χ2n) is 12.6. The average Bonchev–Trinajstić information content (AvgIpc) is 2.98. The third kappa shape index (κ3) is 6.72. The molecule has 3 aromatic rings. The van der Waals surface area contributed by atoms with E-state index in [0.717, 1.165) is 70.3 Å². The van der Waals surface area contributed by atoms with E-state index in [1.807, 2.05) is 30.3 Å². The predicted molar refractivity (Wildman–Crippen MR) is 169 cm³/mol. The molecule has 2 saturated heterocycles. The van der Waals surface area contributed by atoms with Crippen LogP contribution in [0.1, 0.15) is 77.0 Å². The average molecular weight is 543 g/mol. The highest BCUT2D eigenvalue weighted by molar-refractivity contribution is 5.55. The summed E-state index contributed by atoms with van der Waals surface area (Å²) >= 11 is 0. The Hall–Kier alpha value is -2.82. The summed E-state index contributed by atoms with van der Waals surface area (Å²) in [6, 6.07) is 27.3. The molecule has 0 aliphatic carbocycles. The molecule has 2 heterocycles. The third-order valence-corrected chi connectivity index (χ3v) is 9.31. The van der Waals surface area contributed by atoms with Gasteiger partial charge >= 0.3 is 0 Å². The van der Waals surface area contributed by atoms with Crippen molar-refractivity contribution in [3.63, 3.8) is 0 Å². The zero-order chi connectivity index (χ0) is 28.8. The van der Waals surface area contributed by atoms with Crippen LogP contribution in [0, 0.1) is 5.41 Å². The van der Waals surface area contributed by atoms with E-state index in [0.29, 0.717) is 0 Å². The second kappa shape index (κ2) is 12.8. The molecular formula is C36H50N2O2. The number of rotatable bonds is 5. The normalized spacial score (nSPS) is 18.6. The van der Waals surface area contributed by atoms with Crippen molar-refractivity contribution in [2.24, 2.45) is 5.41 Å². The fraction of sp³-hybridized carbons (Fsp3) is 0.500. The highest BCUT2D eigenvalue weighted by Crippen LogP contribution is 2.40. The van der Waals surface area contributed by atoms with Gasteiger partial charge in [-0.25, -0.2) is 0 Å². The van der Waals surface area contributed by atoms with E-state index in [-0.39, 0.29) is 5.41 Å². The number of hydrogen-bond acceptors (Lipinski definition) is 4. The monoisotopic (exact) mass is 542 g/mol. The molecule has 2 N–H and O–H groups in total. The maximum absolute atomic E-state index is 10.9. The molecular weight excluding hydrogens is 492 g/mol. The number of benzene rings is 3. The first kappa shape index (κ1) is 30.1. The lowest BCUT2D eigenvalue weighted by molar-refractivity contribution is -0.0754. The van der Waals surface area contributed by atoms with Crippen molar-refractivity contribution in [1.29, 1.82) is 0 Å². The van der Waals surface area contributed by atoms with Gasteiger partial charge in [0.25, 0.3) is 0 Å². The van der Waals surface area contributed by atoms with Crippen molar-refractivity contribution in [2.45, 2.75) is 84.3 Å². The van der Waals surface area contributed by atoms with Crippen LogP contribution in [0.15, 0.2) is 78.9 Å². The highest BCUT2D eigenvalue weighted by Gasteiger charge is 2.42. The van der Waals surface area contributed by atoms with Crippen LogP contribution in [-0.4, -0.2) is 42.0 Å². The minimum Gasteiger partial charge on any atom is -0.389 e. The molecule has 0 amide bonds. The van der Waals surface area contributed by atoms with Crippen LogP contribution in [-0.2, 0) is 18.4 Å². The van der Waals surface area contributed by atoms with Gasteiger partial charge in [0.2, 0.25) is 0 Å². The second-order valence-corrected chi connectivity index (χ2v) is 12.6. The maximum atomic E-state index is 10.9. The lowest BCUT2D eigenvalue weighted by atomic mass is 9.71. The summed E-state index contributed by atoms with van der Waals surface area (Å²) in [6.07, 6.45) is 5.40. The smallest absolute Gasteiger partial charge is 0.0930 e. The van der Waals surface area contributed by atoms with Crippen molar-refractivity contribution >= 4 is 11.4 Å². The quantitative estimate of drug-likeness (QED) is 0.354. The Bertz CT molecular complexity index is 1200. The number of anilines is 2. The van der Waals surface area contributed by atoms with Crippen LogP contribution >= 0.6 is 0 Å². The first-order valence-electron chi connectivity index (χ1n) is 15.3. The number of aliphatic hydroxyl groups is 2. The Morgan fingerprint density at radius 2 is 1.00 bits per heavy atom. The molecule has 0 aromatic heterocycles. The van der Waals surface area contributed by atoms with Gasteiger partial charge < -0.3 is 20.0 Å². The molecule has 4 heteroatoms. The number of nitrogens with zero attached hydrogens (tertiary/aromatic N) is 2. The zero-order valence-corrected chi connectivity index (χ0v) is 25.4. The lowest BCUT2D eigenvalue weighted by Crippen LogP contribution is -2.52. The SMILES string of the molecule is CCc1ccccc1N1CCC(O)(C(C)(C)C)CC1.CCc1ccccc1N1CCC(O)(c2ccccc2)CC1. The van der Waals surface area contributed by atoms with E-state index in [1.54, 1.807) is 0 Å². The van der Waals surface area contributed by atoms with Gasteiger partial charge in [0.1, 0.15) is 0 Å². The van der Waals surface area contributed by atoms with Crippen molar-refractivity contribution in [2.75, 3.05) is 36.0 Å². The van der Waals surface area contributed by atoms with E-state index in [4.69, 9.17) is 0 Å². The van der Waals surface area contributed by atoms with E-state index in [9.17, 15) is 10.2 Å². The van der Waals surface area contributed by atoms with E-state index >= 15 is 0 Å². The molecule has 0 radical (unpaired) electrons. The van der Waals surface area contributed by atoms with E-state index in [1.165, 1.54) is 22.5 Å². The van der Waals surface area contributed by atoms with Gasteiger partial charge in [-0.15, -0.1) is 0 Å². The zero-order valence-electron chi connectivity index (χ0n) is 25.4. The minimum atomic E-state index is -0.668. The molecule has 5 rings (SSSR count). The lowest BCUT2D eigenvalue weighted by Gasteiger charge is -2.47. The summed E-state index contributed by atoms with van der Waals surface area (Å²) in [5, 5.41) is 21.7. The summed E-state index contributed by atoms with van der Waals surface area (Å²) < 4.78 is 0. The van der Waals surface area contributed by atoms with Crippen LogP contribution < -0.4 is 9.80 Å². The fourth-order valence-electron chi connectivity index (χ4n) is 6.26. The predicted octanol–water partition coefficient (Wildman–Crippen LogP) is 7.36. The Morgan fingerprint density at radius 1 is 0.600 bits per heavy atom. The van der Waals surface area contributed by atoms with E-state index in [2.05, 4.69) is 92.9 Å². The van der Waals surface area contributed by atoms with Gasteiger partial charge in [-0.2, -0.15) is 0 Å². The summed E-state index contributed by atoms with van der Waals surface area (Å²) in [7, 11) is 0. The highest BCUT2D eigenvalue weighted by atomic mass is 16.3. The van der Waals surface area contributed by atoms with E-state index < -0.39 is 11.2 Å². The topological polar surface area (TPSA) is 46.9 Å². The summed E-state index contributed by atoms with van der Waals surface area (Å²) in [5.74, 6) is 0. The molecule has 3 aromatic carbocycles. The molecule has 4 nitrogen and oxygen atoms in total. The molecule has 2 aliphatic rings. The van der Waals surface area contributed by atoms with Crippen LogP contribution in [0.5, 0.6) is 0 Å². The molecule has 0 atom stereocenters. The molecule has 0 saturated carbocycles. The fourth-order valence-corrected chi connectivity index (χ4v) is 6.26.